The van der Waals surface area contributed by atoms with Gasteiger partial charge in [0.1, 0.15) is 0 Å². The van der Waals surface area contributed by atoms with Crippen LogP contribution in [0.25, 0.3) is 0 Å². The molecule has 0 aliphatic carbocycles. The van der Waals surface area contributed by atoms with Gasteiger partial charge in [0.25, 0.3) is 0 Å². The zero-order valence-electron chi connectivity index (χ0n) is 31.4. The molecule has 1 heteroatoms. The monoisotopic (exact) mass is 543 g/mol. The summed E-state index contributed by atoms with van der Waals surface area (Å²) < 4.78 is 2.71. The van der Waals surface area contributed by atoms with Gasteiger partial charge >= 0.3 is 0 Å². The van der Waals surface area contributed by atoms with Crippen LogP contribution in [0.2, 0.25) is 0 Å². The van der Waals surface area contributed by atoms with Crippen LogP contribution in [0, 0.1) is 65.6 Å². The van der Waals surface area contributed by atoms with Gasteiger partial charge in [-0.1, -0.05) is 125 Å². The van der Waals surface area contributed by atoms with Gasteiger partial charge in [0.2, 0.25) is 0 Å². The van der Waals surface area contributed by atoms with E-state index in [2.05, 4.69) is 171 Å². The van der Waals surface area contributed by atoms with E-state index in [0.29, 0.717) is 0 Å². The zero-order valence-corrected chi connectivity index (χ0v) is 31.4. The Hall–Kier alpha value is -0.850. The second-order valence-corrected chi connectivity index (χ2v) is 18.9. The molecule has 0 spiro atoms. The molecule has 0 N–H and O–H groups in total. The Kier molecular flexibility index (Phi) is 8.90. The molecule has 1 aromatic rings. The van der Waals surface area contributed by atoms with Crippen molar-refractivity contribution in [1.29, 1.82) is 0 Å². The summed E-state index contributed by atoms with van der Waals surface area (Å²) in [5, 5.41) is 0. The summed E-state index contributed by atoms with van der Waals surface area (Å²) in [5.74, 6) is 0. The molecule has 1 heterocycles. The molecule has 228 valence electrons. The van der Waals surface area contributed by atoms with Gasteiger partial charge in [-0.2, -0.15) is 4.57 Å². The first-order valence-electron chi connectivity index (χ1n) is 15.7. The smallest absolute Gasteiger partial charge is 0.182 e. The SMILES string of the molecule is Cc1c(C)c(C)[n+](C(C)(C)C(C)(C)C(C)(C)C(C)(C)C(C)(C)C(C)(C)C(C)(C)C(C)(C)C)c(C)c1C(C)(C)C. The van der Waals surface area contributed by atoms with Crippen LogP contribution in [0.4, 0.5) is 0 Å². The molecule has 0 aromatic carbocycles. The molecule has 0 fully saturated rings. The molecule has 0 unspecified atom stereocenters. The molecule has 1 nitrogen and oxygen atoms in total. The predicted molar refractivity (Wildman–Crippen MR) is 176 cm³/mol. The van der Waals surface area contributed by atoms with E-state index in [9.17, 15) is 0 Å². The minimum absolute atomic E-state index is 0.00913. The maximum absolute atomic E-state index is 2.71. The van der Waals surface area contributed by atoms with E-state index in [1.807, 2.05) is 0 Å². The van der Waals surface area contributed by atoms with Crippen LogP contribution in [0.3, 0.4) is 0 Å². The van der Waals surface area contributed by atoms with E-state index in [1.165, 1.54) is 28.1 Å². The molecule has 0 aliphatic heterocycles. The Morgan fingerprint density at radius 1 is 0.359 bits per heavy atom. The summed E-state index contributed by atoms with van der Waals surface area (Å²) in [5.41, 5.74) is 7.58. The van der Waals surface area contributed by atoms with Crippen LogP contribution < -0.4 is 4.57 Å². The van der Waals surface area contributed by atoms with Crippen LogP contribution in [-0.4, -0.2) is 0 Å². The van der Waals surface area contributed by atoms with Gasteiger partial charge in [0, 0.05) is 44.2 Å². The third-order valence-corrected chi connectivity index (χ3v) is 15.0. The molecule has 1 aromatic heterocycles. The van der Waals surface area contributed by atoms with Crippen LogP contribution >= 0.6 is 0 Å². The normalized spacial score (nSPS) is 15.7. The van der Waals surface area contributed by atoms with E-state index in [4.69, 9.17) is 0 Å². The Bertz CT molecular complexity index is 1070. The van der Waals surface area contributed by atoms with Crippen molar-refractivity contribution in [2.45, 2.75) is 177 Å². The molecule has 1 rings (SSSR count). The van der Waals surface area contributed by atoms with E-state index in [1.54, 1.807) is 0 Å². The summed E-state index contributed by atoms with van der Waals surface area (Å²) in [7, 11) is 0. The van der Waals surface area contributed by atoms with Gasteiger partial charge in [0.15, 0.2) is 16.9 Å². The topological polar surface area (TPSA) is 3.88 Å². The minimum Gasteiger partial charge on any atom is -0.194 e. The fraction of sp³-hybridized carbons (Fsp3) is 0.868. The van der Waals surface area contributed by atoms with Crippen molar-refractivity contribution in [3.8, 4) is 0 Å². The highest BCUT2D eigenvalue weighted by Crippen LogP contribution is 2.70. The molecule has 0 bridgehead atoms. The van der Waals surface area contributed by atoms with Crippen molar-refractivity contribution < 1.29 is 4.57 Å². The number of pyridine rings is 1. The summed E-state index contributed by atoms with van der Waals surface area (Å²) in [4.78, 5) is 0. The quantitative estimate of drug-likeness (QED) is 0.302. The average molecular weight is 543 g/mol. The van der Waals surface area contributed by atoms with Crippen molar-refractivity contribution in [1.82, 2.24) is 0 Å². The molecular formula is C38H72N+. The molecule has 0 saturated carbocycles. The summed E-state index contributed by atoms with van der Waals surface area (Å²) in [6, 6.07) is 0. The first kappa shape index (κ1) is 36.2. The van der Waals surface area contributed by atoms with E-state index >= 15 is 0 Å². The Labute approximate surface area is 247 Å². The van der Waals surface area contributed by atoms with Crippen molar-refractivity contribution >= 4 is 0 Å². The lowest BCUT2D eigenvalue weighted by Gasteiger charge is -2.68. The number of hydrogen-bond acceptors (Lipinski definition) is 0. The molecule has 0 atom stereocenters. The third kappa shape index (κ3) is 4.76. The van der Waals surface area contributed by atoms with E-state index < -0.39 is 0 Å². The van der Waals surface area contributed by atoms with Gasteiger partial charge in [-0.05, 0) is 57.3 Å². The maximum Gasteiger partial charge on any atom is 0.182 e. The predicted octanol–water partition coefficient (Wildman–Crippen LogP) is 11.4. The van der Waals surface area contributed by atoms with Crippen LogP contribution in [0.15, 0.2) is 0 Å². The van der Waals surface area contributed by atoms with Gasteiger partial charge in [-0.25, -0.2) is 0 Å². The molecule has 0 amide bonds. The second-order valence-electron chi connectivity index (χ2n) is 18.9. The van der Waals surface area contributed by atoms with Gasteiger partial charge in [0.05, 0.1) is 0 Å². The highest BCUT2D eigenvalue weighted by Gasteiger charge is 2.67. The van der Waals surface area contributed by atoms with Crippen molar-refractivity contribution in [3.05, 3.63) is 28.1 Å². The summed E-state index contributed by atoms with van der Waals surface area (Å²) in [6.07, 6.45) is 0. The van der Waals surface area contributed by atoms with Crippen molar-refractivity contribution in [3.63, 3.8) is 0 Å². The average Bonchev–Trinajstić information content (AvgIpc) is 2.69. The highest BCUT2D eigenvalue weighted by molar-refractivity contribution is 5.39. The molecule has 0 aliphatic rings. The molecule has 0 radical (unpaired) electrons. The summed E-state index contributed by atoms with van der Waals surface area (Å²) in [6.45, 7) is 59.3. The molecular weight excluding hydrogens is 470 g/mol. The lowest BCUT2D eigenvalue weighted by atomic mass is 9.36. The number of nitrogens with zero attached hydrogens (tertiary/aromatic N) is 1. The number of hydrogen-bond donors (Lipinski definition) is 0. The lowest BCUT2D eigenvalue weighted by molar-refractivity contribution is -0.786. The van der Waals surface area contributed by atoms with Gasteiger partial charge in [-0.15, -0.1) is 0 Å². The number of aromatic nitrogens is 1. The maximum atomic E-state index is 2.71. The molecule has 0 saturated heterocycles. The van der Waals surface area contributed by atoms with Gasteiger partial charge in [-0.3, -0.25) is 0 Å². The van der Waals surface area contributed by atoms with Crippen LogP contribution in [0.5, 0.6) is 0 Å². The largest absolute Gasteiger partial charge is 0.194 e. The standard InChI is InChI=1S/C38H72N/c1-25-26(2)29(30(5,6)7)28(4)39(27(25)3)38(23,24)37(21,22)36(19,20)35(17,18)34(15,16)33(13,14)32(11,12)31(8,9)10/h1-24H3/q+1. The second kappa shape index (κ2) is 9.59. The molecule has 39 heavy (non-hydrogen) atoms. The fourth-order valence-electron chi connectivity index (χ4n) is 8.31. The Morgan fingerprint density at radius 2 is 0.667 bits per heavy atom. The minimum atomic E-state index is -0.125. The van der Waals surface area contributed by atoms with E-state index in [0.717, 1.165) is 0 Å². The highest BCUT2D eigenvalue weighted by atomic mass is 15.1. The summed E-state index contributed by atoms with van der Waals surface area (Å²) >= 11 is 0. The fourth-order valence-corrected chi connectivity index (χ4v) is 8.31. The zero-order chi connectivity index (χ0) is 32.0. The first-order chi connectivity index (χ1) is 16.6. The van der Waals surface area contributed by atoms with Crippen molar-refractivity contribution in [2.24, 2.45) is 37.9 Å². The van der Waals surface area contributed by atoms with Crippen LogP contribution in [0.1, 0.15) is 167 Å². The number of rotatable bonds is 7. The van der Waals surface area contributed by atoms with Gasteiger partial charge < -0.3 is 0 Å². The third-order valence-electron chi connectivity index (χ3n) is 15.0. The van der Waals surface area contributed by atoms with Crippen LogP contribution in [-0.2, 0) is 11.0 Å². The Morgan fingerprint density at radius 3 is 0.974 bits per heavy atom. The van der Waals surface area contributed by atoms with E-state index in [-0.39, 0.29) is 48.9 Å². The first-order valence-corrected chi connectivity index (χ1v) is 15.7. The lowest BCUT2D eigenvalue weighted by Crippen LogP contribution is -2.71. The van der Waals surface area contributed by atoms with Crippen molar-refractivity contribution in [2.75, 3.05) is 0 Å². The Balaban J connectivity index is 4.07.